The number of unbranched alkanes of at least 4 members (excludes halogenated alkanes) is 4. The molecule has 2 atom stereocenters. The largest absolute Gasteiger partial charge is 0.505 e. The first kappa shape index (κ1) is 35.1. The summed E-state index contributed by atoms with van der Waals surface area (Å²) in [6, 6.07) is 10.9. The molecule has 0 bridgehead atoms. The summed E-state index contributed by atoms with van der Waals surface area (Å²) in [5.74, 6) is -5.31. The third-order valence-electron chi connectivity index (χ3n) is 11.5. The summed E-state index contributed by atoms with van der Waals surface area (Å²) >= 11 is 0. The highest BCUT2D eigenvalue weighted by molar-refractivity contribution is 6.37. The Bertz CT molecular complexity index is 2380. The number of ketones is 1. The third kappa shape index (κ3) is 4.76. The van der Waals surface area contributed by atoms with Crippen LogP contribution in [0.1, 0.15) is 157 Å². The van der Waals surface area contributed by atoms with Crippen molar-refractivity contribution in [1.82, 2.24) is 14.7 Å². The van der Waals surface area contributed by atoms with Crippen LogP contribution in [0.4, 0.5) is 0 Å². The molecule has 11 heteroatoms. The number of imide groups is 3. The number of hydrogen-bond donors (Lipinski definition) is 1. The molecule has 3 heterocycles. The summed E-state index contributed by atoms with van der Waals surface area (Å²) < 4.78 is 0. The molecule has 0 spiro atoms. The summed E-state index contributed by atoms with van der Waals surface area (Å²) in [7, 11) is 0. The normalized spacial score (nSPS) is 17.5. The number of hydrogen-bond acceptors (Lipinski definition) is 8. The highest BCUT2D eigenvalue weighted by atomic mass is 16.3. The van der Waals surface area contributed by atoms with Crippen molar-refractivity contribution in [3.8, 4) is 0 Å². The molecule has 1 N–H and O–H groups in total. The minimum atomic E-state index is -0.909. The van der Waals surface area contributed by atoms with Gasteiger partial charge in [0.05, 0.1) is 0 Å². The predicted octanol–water partition coefficient (Wildman–Crippen LogP) is 7.84. The monoisotopic (exact) mass is 725 g/mol. The molecule has 11 nitrogen and oxygen atoms in total. The van der Waals surface area contributed by atoms with E-state index >= 15 is 0 Å². The third-order valence-corrected chi connectivity index (χ3v) is 11.5. The Morgan fingerprint density at radius 1 is 0.463 bits per heavy atom. The van der Waals surface area contributed by atoms with E-state index in [1.54, 1.807) is 0 Å². The second kappa shape index (κ2) is 12.9. The minimum absolute atomic E-state index is 0.0104. The lowest BCUT2D eigenvalue weighted by Crippen LogP contribution is -2.47. The first-order chi connectivity index (χ1) is 25.9. The van der Waals surface area contributed by atoms with Gasteiger partial charge in [0.15, 0.2) is 5.76 Å². The topological polar surface area (TPSA) is 149 Å². The molecule has 0 aromatic heterocycles. The maximum absolute atomic E-state index is 14.4. The molecule has 0 fully saturated rings. The quantitative estimate of drug-likeness (QED) is 0.121. The van der Waals surface area contributed by atoms with Gasteiger partial charge in [0, 0.05) is 78.1 Å². The van der Waals surface area contributed by atoms with Crippen LogP contribution in [0, 0.1) is 0 Å². The fourth-order valence-electron chi connectivity index (χ4n) is 8.70. The number of aliphatic hydroxyl groups is 1. The predicted molar refractivity (Wildman–Crippen MR) is 200 cm³/mol. The van der Waals surface area contributed by atoms with Gasteiger partial charge in [-0.15, -0.1) is 0 Å². The van der Waals surface area contributed by atoms with Gasteiger partial charge >= 0.3 is 0 Å². The van der Waals surface area contributed by atoms with Gasteiger partial charge in [-0.25, -0.2) is 4.90 Å². The highest BCUT2D eigenvalue weighted by Crippen LogP contribution is 2.45. The van der Waals surface area contributed by atoms with Gasteiger partial charge in [-0.2, -0.15) is 0 Å². The van der Waals surface area contributed by atoms with Gasteiger partial charge in [0.1, 0.15) is 5.70 Å². The maximum atomic E-state index is 14.4. The van der Waals surface area contributed by atoms with Crippen molar-refractivity contribution in [2.75, 3.05) is 0 Å². The first-order valence-corrected chi connectivity index (χ1v) is 18.8. The lowest BCUT2D eigenvalue weighted by atomic mass is 9.81. The van der Waals surface area contributed by atoms with Crippen LogP contribution in [0.2, 0.25) is 0 Å². The number of nitrogens with zero attached hydrogens (tertiary/aromatic N) is 3. The summed E-state index contributed by atoms with van der Waals surface area (Å²) in [6.07, 6.45) is 6.91. The number of allylic oxidation sites excluding steroid dienone is 1. The van der Waals surface area contributed by atoms with Crippen molar-refractivity contribution < 1.29 is 38.7 Å². The SMILES string of the molecule is CCCCCC(C)N1C(=O)c2ccc3c4c(ccc(c24)C1=O)C(=O)N(C1=C(O)c2ccc4c5c(ccc(c25)C1=O)C(=O)N(C(C)CCCCC)C4=O)C3=O. The number of carbonyl (C=O) groups is 7. The van der Waals surface area contributed by atoms with Crippen LogP contribution in [-0.2, 0) is 0 Å². The lowest BCUT2D eigenvalue weighted by Gasteiger charge is -2.35. The van der Waals surface area contributed by atoms with Gasteiger partial charge in [-0.1, -0.05) is 52.4 Å². The van der Waals surface area contributed by atoms with E-state index in [9.17, 15) is 38.7 Å². The number of benzene rings is 4. The van der Waals surface area contributed by atoms with Crippen molar-refractivity contribution in [2.45, 2.75) is 91.1 Å². The van der Waals surface area contributed by atoms with E-state index < -0.39 is 52.7 Å². The Hall–Kier alpha value is -5.97. The second-order valence-electron chi connectivity index (χ2n) is 14.8. The van der Waals surface area contributed by atoms with E-state index in [0.29, 0.717) is 17.7 Å². The Kier molecular flexibility index (Phi) is 8.35. The molecule has 2 unspecified atom stereocenters. The fourth-order valence-corrected chi connectivity index (χ4v) is 8.70. The molecule has 4 aromatic carbocycles. The smallest absolute Gasteiger partial charge is 0.266 e. The lowest BCUT2D eigenvalue weighted by molar-refractivity contribution is 0.0526. The number of Topliss-reactive ketones (excluding diaryl/α,β-unsaturated/α-hetero) is 1. The Morgan fingerprint density at radius 2 is 0.778 bits per heavy atom. The average Bonchev–Trinajstić information content (AvgIpc) is 3.15. The molecule has 54 heavy (non-hydrogen) atoms. The first-order valence-electron chi connectivity index (χ1n) is 18.8. The van der Waals surface area contributed by atoms with Crippen LogP contribution in [0.15, 0.2) is 54.2 Å². The molecule has 6 amide bonds. The average molecular weight is 726 g/mol. The number of aliphatic hydroxyl groups excluding tert-OH is 1. The molecule has 8 rings (SSSR count). The highest BCUT2D eigenvalue weighted by Gasteiger charge is 2.46. The molecule has 274 valence electrons. The number of carbonyl (C=O) groups excluding carboxylic acids is 7. The molecule has 1 aliphatic carbocycles. The van der Waals surface area contributed by atoms with E-state index in [2.05, 4.69) is 13.8 Å². The van der Waals surface area contributed by atoms with Crippen LogP contribution >= 0.6 is 0 Å². The zero-order valence-electron chi connectivity index (χ0n) is 30.6. The van der Waals surface area contributed by atoms with Crippen molar-refractivity contribution >= 4 is 68.5 Å². The van der Waals surface area contributed by atoms with Gasteiger partial charge in [-0.05, 0) is 75.2 Å². The van der Waals surface area contributed by atoms with Crippen molar-refractivity contribution in [1.29, 1.82) is 0 Å². The van der Waals surface area contributed by atoms with Crippen LogP contribution in [0.25, 0.3) is 27.3 Å². The van der Waals surface area contributed by atoms with Crippen LogP contribution in [-0.4, -0.2) is 73.1 Å². The van der Waals surface area contributed by atoms with Crippen molar-refractivity contribution in [3.63, 3.8) is 0 Å². The molecule has 0 saturated carbocycles. The molecule has 4 aromatic rings. The number of rotatable bonds is 11. The summed E-state index contributed by atoms with van der Waals surface area (Å²) in [5.41, 5.74) is 0.344. The van der Waals surface area contributed by atoms with Crippen LogP contribution in [0.5, 0.6) is 0 Å². The maximum Gasteiger partial charge on any atom is 0.266 e. The van der Waals surface area contributed by atoms with E-state index in [0.717, 1.165) is 38.5 Å². The second-order valence-corrected chi connectivity index (χ2v) is 14.8. The summed E-state index contributed by atoms with van der Waals surface area (Å²) in [6.45, 7) is 7.82. The molecular formula is C43H39N3O8. The van der Waals surface area contributed by atoms with E-state index in [1.807, 2.05) is 13.8 Å². The van der Waals surface area contributed by atoms with Crippen LogP contribution < -0.4 is 0 Å². The molecular weight excluding hydrogens is 686 g/mol. The van der Waals surface area contributed by atoms with E-state index in [4.69, 9.17) is 0 Å². The standard InChI is InChI=1S/C43H39N3O8/c1-5-7-9-11-21(3)44-38(49)25-15-13-23-31-24(14-16-26(32(25)31)39(44)50)37(48)35(36(23)47)46-42(53)29-19-17-27-33-28(18-20-30(34(29)33)43(46)54)41(52)45(40(27)51)22(4)12-10-8-6-2/h13-22,47H,5-12H2,1-4H3. The summed E-state index contributed by atoms with van der Waals surface area (Å²) in [5, 5.41) is 12.6. The zero-order chi connectivity index (χ0) is 38.3. The zero-order valence-corrected chi connectivity index (χ0v) is 30.6. The van der Waals surface area contributed by atoms with Gasteiger partial charge in [-0.3, -0.25) is 43.4 Å². The van der Waals surface area contributed by atoms with Gasteiger partial charge < -0.3 is 5.11 Å². The molecule has 0 saturated heterocycles. The van der Waals surface area contributed by atoms with E-state index in [-0.39, 0.29) is 78.1 Å². The van der Waals surface area contributed by atoms with Gasteiger partial charge in [0.2, 0.25) is 5.78 Å². The molecule has 4 aliphatic rings. The fraction of sp³-hybridized carbons (Fsp3) is 0.326. The summed E-state index contributed by atoms with van der Waals surface area (Å²) in [4.78, 5) is 101. The van der Waals surface area contributed by atoms with Gasteiger partial charge in [0.25, 0.3) is 35.4 Å². The number of amides is 6. The minimum Gasteiger partial charge on any atom is -0.505 e. The van der Waals surface area contributed by atoms with Crippen molar-refractivity contribution in [2.24, 2.45) is 0 Å². The molecule has 3 aliphatic heterocycles. The molecule has 0 radical (unpaired) electrons. The Labute approximate surface area is 311 Å². The Balaban J connectivity index is 1.20. The van der Waals surface area contributed by atoms with E-state index in [1.165, 1.54) is 58.3 Å². The van der Waals surface area contributed by atoms with Crippen LogP contribution in [0.3, 0.4) is 0 Å². The Morgan fingerprint density at radius 3 is 1.15 bits per heavy atom. The van der Waals surface area contributed by atoms with Crippen molar-refractivity contribution in [3.05, 3.63) is 98.7 Å².